The van der Waals surface area contributed by atoms with Crippen LogP contribution in [0.2, 0.25) is 5.02 Å². The van der Waals surface area contributed by atoms with Crippen LogP contribution in [0, 0.1) is 6.92 Å². The van der Waals surface area contributed by atoms with E-state index in [2.05, 4.69) is 31.2 Å². The standard InChI is InChI=1S/C14H26ClN3/c1-5-7-8-9-11(3)16-10-13-14(15)12(4)17-18(13)6-2/h11,16H,5-10H2,1-4H3. The molecule has 1 unspecified atom stereocenters. The molecule has 1 aromatic rings. The quantitative estimate of drug-likeness (QED) is 0.726. The number of unbranched alkanes of at least 4 members (excludes halogenated alkanes) is 2. The second kappa shape index (κ2) is 7.80. The Bertz CT molecular complexity index is 360. The average molecular weight is 272 g/mol. The number of hydrogen-bond donors (Lipinski definition) is 1. The van der Waals surface area contributed by atoms with E-state index < -0.39 is 0 Å². The fourth-order valence-corrected chi connectivity index (χ4v) is 2.31. The minimum absolute atomic E-state index is 0.535. The molecule has 0 saturated heterocycles. The summed E-state index contributed by atoms with van der Waals surface area (Å²) in [6.45, 7) is 10.2. The molecular formula is C14H26ClN3. The first-order valence-electron chi connectivity index (χ1n) is 7.05. The number of nitrogens with zero attached hydrogens (tertiary/aromatic N) is 2. The van der Waals surface area contributed by atoms with Crippen LogP contribution in [-0.2, 0) is 13.1 Å². The number of nitrogens with one attached hydrogen (secondary N) is 1. The summed E-state index contributed by atoms with van der Waals surface area (Å²) in [5, 5.41) is 8.78. The molecule has 0 aliphatic carbocycles. The van der Waals surface area contributed by atoms with Crippen LogP contribution in [0.1, 0.15) is 57.8 Å². The Morgan fingerprint density at radius 1 is 1.33 bits per heavy atom. The van der Waals surface area contributed by atoms with Crippen molar-refractivity contribution in [1.82, 2.24) is 15.1 Å². The number of hydrogen-bond acceptors (Lipinski definition) is 2. The first kappa shape index (κ1) is 15.5. The molecule has 0 radical (unpaired) electrons. The fourth-order valence-electron chi connectivity index (χ4n) is 2.11. The summed E-state index contributed by atoms with van der Waals surface area (Å²) in [4.78, 5) is 0. The van der Waals surface area contributed by atoms with Gasteiger partial charge in [-0.2, -0.15) is 5.10 Å². The van der Waals surface area contributed by atoms with Crippen LogP contribution < -0.4 is 5.32 Å². The van der Waals surface area contributed by atoms with Crippen LogP contribution >= 0.6 is 11.6 Å². The molecule has 0 aromatic carbocycles. The van der Waals surface area contributed by atoms with Crippen molar-refractivity contribution in [3.63, 3.8) is 0 Å². The minimum atomic E-state index is 0.535. The normalized spacial score (nSPS) is 12.9. The van der Waals surface area contributed by atoms with Gasteiger partial charge in [-0.1, -0.05) is 37.8 Å². The second-order valence-electron chi connectivity index (χ2n) is 4.94. The van der Waals surface area contributed by atoms with Crippen molar-refractivity contribution >= 4 is 11.6 Å². The number of halogens is 1. The molecule has 4 heteroatoms. The van der Waals surface area contributed by atoms with Gasteiger partial charge in [0.25, 0.3) is 0 Å². The summed E-state index contributed by atoms with van der Waals surface area (Å²) >= 11 is 6.28. The molecule has 1 N–H and O–H groups in total. The monoisotopic (exact) mass is 271 g/mol. The largest absolute Gasteiger partial charge is 0.309 e. The lowest BCUT2D eigenvalue weighted by Crippen LogP contribution is -2.26. The van der Waals surface area contributed by atoms with E-state index in [1.807, 2.05) is 11.6 Å². The number of rotatable bonds is 8. The van der Waals surface area contributed by atoms with E-state index >= 15 is 0 Å². The van der Waals surface area contributed by atoms with Gasteiger partial charge in [-0.3, -0.25) is 4.68 Å². The molecule has 1 rings (SSSR count). The average Bonchev–Trinajstić information content (AvgIpc) is 2.63. The lowest BCUT2D eigenvalue weighted by Gasteiger charge is -2.14. The van der Waals surface area contributed by atoms with E-state index in [9.17, 15) is 0 Å². The summed E-state index contributed by atoms with van der Waals surface area (Å²) in [5.41, 5.74) is 2.04. The molecule has 0 aliphatic rings. The molecule has 1 aromatic heterocycles. The van der Waals surface area contributed by atoms with Gasteiger partial charge in [0.15, 0.2) is 0 Å². The van der Waals surface area contributed by atoms with Crippen molar-refractivity contribution < 1.29 is 0 Å². The van der Waals surface area contributed by atoms with E-state index in [1.165, 1.54) is 25.7 Å². The molecule has 18 heavy (non-hydrogen) atoms. The maximum absolute atomic E-state index is 6.28. The van der Waals surface area contributed by atoms with Crippen molar-refractivity contribution in [2.24, 2.45) is 0 Å². The maximum atomic E-state index is 6.28. The van der Waals surface area contributed by atoms with Gasteiger partial charge in [-0.05, 0) is 27.2 Å². The first-order valence-corrected chi connectivity index (χ1v) is 7.43. The Balaban J connectivity index is 2.47. The van der Waals surface area contributed by atoms with Crippen molar-refractivity contribution in [3.05, 3.63) is 16.4 Å². The molecule has 0 saturated carbocycles. The van der Waals surface area contributed by atoms with E-state index in [0.717, 1.165) is 29.5 Å². The Labute approximate surface area is 116 Å². The number of aryl methyl sites for hydroxylation is 2. The molecule has 0 aliphatic heterocycles. The Morgan fingerprint density at radius 3 is 2.67 bits per heavy atom. The zero-order valence-electron chi connectivity index (χ0n) is 12.1. The number of aromatic nitrogens is 2. The van der Waals surface area contributed by atoms with E-state index in [4.69, 9.17) is 11.6 Å². The summed E-state index contributed by atoms with van der Waals surface area (Å²) in [6.07, 6.45) is 5.12. The van der Waals surface area contributed by atoms with Crippen molar-refractivity contribution in [3.8, 4) is 0 Å². The zero-order chi connectivity index (χ0) is 13.5. The lowest BCUT2D eigenvalue weighted by atomic mass is 10.1. The molecule has 3 nitrogen and oxygen atoms in total. The first-order chi connectivity index (χ1) is 8.60. The van der Waals surface area contributed by atoms with Crippen LogP contribution in [-0.4, -0.2) is 15.8 Å². The molecular weight excluding hydrogens is 246 g/mol. The van der Waals surface area contributed by atoms with Crippen LogP contribution in [0.3, 0.4) is 0 Å². The minimum Gasteiger partial charge on any atom is -0.309 e. The highest BCUT2D eigenvalue weighted by Gasteiger charge is 2.12. The van der Waals surface area contributed by atoms with Crippen LogP contribution in [0.5, 0.6) is 0 Å². The van der Waals surface area contributed by atoms with Gasteiger partial charge in [0.05, 0.1) is 16.4 Å². The summed E-state index contributed by atoms with van der Waals surface area (Å²) in [6, 6.07) is 0.535. The molecule has 1 heterocycles. The SMILES string of the molecule is CCCCCC(C)NCc1c(Cl)c(C)nn1CC. The van der Waals surface area contributed by atoms with Crippen molar-refractivity contribution in [2.75, 3.05) is 0 Å². The third-order valence-electron chi connectivity index (χ3n) is 3.31. The van der Waals surface area contributed by atoms with Gasteiger partial charge in [0.1, 0.15) is 0 Å². The van der Waals surface area contributed by atoms with Crippen molar-refractivity contribution in [1.29, 1.82) is 0 Å². The summed E-state index contributed by atoms with van der Waals surface area (Å²) in [7, 11) is 0. The van der Waals surface area contributed by atoms with Gasteiger partial charge >= 0.3 is 0 Å². The molecule has 0 fully saturated rings. The predicted octanol–water partition coefficient (Wildman–Crippen LogP) is 3.92. The molecule has 1 atom stereocenters. The van der Waals surface area contributed by atoms with Crippen LogP contribution in [0.4, 0.5) is 0 Å². The highest BCUT2D eigenvalue weighted by molar-refractivity contribution is 6.31. The van der Waals surface area contributed by atoms with Gasteiger partial charge in [-0.25, -0.2) is 0 Å². The van der Waals surface area contributed by atoms with Gasteiger partial charge in [-0.15, -0.1) is 0 Å². The topological polar surface area (TPSA) is 29.9 Å². The van der Waals surface area contributed by atoms with E-state index in [0.29, 0.717) is 6.04 Å². The highest BCUT2D eigenvalue weighted by atomic mass is 35.5. The second-order valence-corrected chi connectivity index (χ2v) is 5.32. The Kier molecular flexibility index (Phi) is 6.72. The lowest BCUT2D eigenvalue weighted by molar-refractivity contribution is 0.472. The molecule has 104 valence electrons. The van der Waals surface area contributed by atoms with Crippen LogP contribution in [0.25, 0.3) is 0 Å². The Hall–Kier alpha value is -0.540. The zero-order valence-corrected chi connectivity index (χ0v) is 12.8. The summed E-state index contributed by atoms with van der Waals surface area (Å²) in [5.74, 6) is 0. The molecule has 0 spiro atoms. The van der Waals surface area contributed by atoms with Gasteiger partial charge < -0.3 is 5.32 Å². The van der Waals surface area contributed by atoms with Crippen LogP contribution in [0.15, 0.2) is 0 Å². The van der Waals surface area contributed by atoms with Gasteiger partial charge in [0, 0.05) is 19.1 Å². The molecule has 0 bridgehead atoms. The fraction of sp³-hybridized carbons (Fsp3) is 0.786. The van der Waals surface area contributed by atoms with E-state index in [1.54, 1.807) is 0 Å². The van der Waals surface area contributed by atoms with E-state index in [-0.39, 0.29) is 0 Å². The highest BCUT2D eigenvalue weighted by Crippen LogP contribution is 2.20. The van der Waals surface area contributed by atoms with Crippen molar-refractivity contribution in [2.45, 2.75) is 72.5 Å². The predicted molar refractivity (Wildman–Crippen MR) is 78.1 cm³/mol. The third-order valence-corrected chi connectivity index (χ3v) is 3.80. The molecule has 0 amide bonds. The Morgan fingerprint density at radius 2 is 2.06 bits per heavy atom. The third kappa shape index (κ3) is 4.29. The maximum Gasteiger partial charge on any atom is 0.0860 e. The van der Waals surface area contributed by atoms with Gasteiger partial charge in [0.2, 0.25) is 0 Å². The smallest absolute Gasteiger partial charge is 0.0860 e. The summed E-state index contributed by atoms with van der Waals surface area (Å²) < 4.78 is 1.99.